The molecule has 4 heteroatoms. The first kappa shape index (κ1) is 16.5. The van der Waals surface area contributed by atoms with Crippen LogP contribution in [0.25, 0.3) is 0 Å². The summed E-state index contributed by atoms with van der Waals surface area (Å²) >= 11 is 0. The van der Waals surface area contributed by atoms with Crippen molar-refractivity contribution < 1.29 is 0 Å². The lowest BCUT2D eigenvalue weighted by atomic mass is 9.92. The molecule has 3 unspecified atom stereocenters. The van der Waals surface area contributed by atoms with Crippen molar-refractivity contribution in [3.05, 3.63) is 18.7 Å². The normalized spacial score (nSPS) is 25.4. The van der Waals surface area contributed by atoms with Gasteiger partial charge in [0.2, 0.25) is 0 Å². The molecule has 3 atom stereocenters. The number of aryl methyl sites for hydroxylation is 1. The Kier molecular flexibility index (Phi) is 6.24. The number of nitrogens with one attached hydrogen (secondary N) is 1. The molecule has 0 amide bonds. The maximum Gasteiger partial charge on any atom is 0.0945 e. The molecule has 1 aliphatic rings. The van der Waals surface area contributed by atoms with Gasteiger partial charge in [-0.05, 0) is 18.3 Å². The minimum atomic E-state index is 0.651. The molecule has 0 bridgehead atoms. The van der Waals surface area contributed by atoms with Gasteiger partial charge < -0.3 is 9.88 Å². The average molecular weight is 292 g/mol. The maximum atomic E-state index is 4.12. The van der Waals surface area contributed by atoms with Crippen molar-refractivity contribution in [1.82, 2.24) is 19.8 Å². The van der Waals surface area contributed by atoms with Gasteiger partial charge in [0.05, 0.1) is 6.33 Å². The Morgan fingerprint density at radius 2 is 2.10 bits per heavy atom. The van der Waals surface area contributed by atoms with Crippen LogP contribution in [-0.2, 0) is 6.54 Å². The van der Waals surface area contributed by atoms with Crippen LogP contribution in [0.3, 0.4) is 0 Å². The van der Waals surface area contributed by atoms with Crippen molar-refractivity contribution in [3.8, 4) is 0 Å². The van der Waals surface area contributed by atoms with Crippen molar-refractivity contribution in [2.24, 2.45) is 11.8 Å². The number of hydrogen-bond acceptors (Lipinski definition) is 3. The molecular formula is C17H32N4. The van der Waals surface area contributed by atoms with Gasteiger partial charge in [-0.25, -0.2) is 4.98 Å². The summed E-state index contributed by atoms with van der Waals surface area (Å²) in [4.78, 5) is 6.83. The van der Waals surface area contributed by atoms with Gasteiger partial charge in [0.1, 0.15) is 0 Å². The van der Waals surface area contributed by atoms with E-state index in [0.29, 0.717) is 18.0 Å². The fourth-order valence-corrected chi connectivity index (χ4v) is 3.31. The van der Waals surface area contributed by atoms with E-state index in [1.807, 2.05) is 12.5 Å². The van der Waals surface area contributed by atoms with Crippen molar-refractivity contribution in [2.75, 3.05) is 19.6 Å². The molecule has 0 saturated carbocycles. The summed E-state index contributed by atoms with van der Waals surface area (Å²) in [6, 6.07) is 1.33. The fourth-order valence-electron chi connectivity index (χ4n) is 3.31. The third-order valence-corrected chi connectivity index (χ3v) is 5.01. The number of piperazine rings is 1. The first-order valence-corrected chi connectivity index (χ1v) is 8.55. The SMILES string of the molecule is CCC(C)C1CN(CCCn2ccnc2)C(C(C)C)CN1. The molecule has 1 N–H and O–H groups in total. The van der Waals surface area contributed by atoms with E-state index < -0.39 is 0 Å². The first-order chi connectivity index (χ1) is 10.1. The summed E-state index contributed by atoms with van der Waals surface area (Å²) in [5.41, 5.74) is 0. The third-order valence-electron chi connectivity index (χ3n) is 5.01. The number of imidazole rings is 1. The largest absolute Gasteiger partial charge is 0.337 e. The van der Waals surface area contributed by atoms with Crippen LogP contribution in [0.4, 0.5) is 0 Å². The molecule has 21 heavy (non-hydrogen) atoms. The zero-order valence-corrected chi connectivity index (χ0v) is 14.1. The van der Waals surface area contributed by atoms with Crippen LogP contribution in [-0.4, -0.2) is 46.2 Å². The van der Waals surface area contributed by atoms with E-state index in [1.165, 1.54) is 25.9 Å². The van der Waals surface area contributed by atoms with Gasteiger partial charge >= 0.3 is 0 Å². The summed E-state index contributed by atoms with van der Waals surface area (Å²) in [5, 5.41) is 3.78. The lowest BCUT2D eigenvalue weighted by Crippen LogP contribution is -2.60. The van der Waals surface area contributed by atoms with E-state index in [9.17, 15) is 0 Å². The Hall–Kier alpha value is -0.870. The van der Waals surface area contributed by atoms with E-state index in [4.69, 9.17) is 0 Å². The Balaban J connectivity index is 1.87. The lowest BCUT2D eigenvalue weighted by Gasteiger charge is -2.44. The Morgan fingerprint density at radius 1 is 1.29 bits per heavy atom. The second-order valence-electron chi connectivity index (χ2n) is 6.86. The molecule has 1 saturated heterocycles. The van der Waals surface area contributed by atoms with E-state index in [0.717, 1.165) is 19.0 Å². The molecule has 0 aromatic carbocycles. The molecular weight excluding hydrogens is 260 g/mol. The Morgan fingerprint density at radius 3 is 2.71 bits per heavy atom. The van der Waals surface area contributed by atoms with Gasteiger partial charge in [-0.15, -0.1) is 0 Å². The number of rotatable bonds is 7. The van der Waals surface area contributed by atoms with Crippen LogP contribution in [0.2, 0.25) is 0 Å². The summed E-state index contributed by atoms with van der Waals surface area (Å²) in [7, 11) is 0. The van der Waals surface area contributed by atoms with Crippen molar-refractivity contribution in [2.45, 2.75) is 59.2 Å². The van der Waals surface area contributed by atoms with Crippen LogP contribution in [0, 0.1) is 11.8 Å². The molecule has 1 aromatic rings. The van der Waals surface area contributed by atoms with Gasteiger partial charge in [0.25, 0.3) is 0 Å². The van der Waals surface area contributed by atoms with Crippen molar-refractivity contribution in [1.29, 1.82) is 0 Å². The summed E-state index contributed by atoms with van der Waals surface area (Å²) in [6.07, 6.45) is 8.29. The summed E-state index contributed by atoms with van der Waals surface area (Å²) in [5.74, 6) is 1.47. The molecule has 1 aromatic heterocycles. The smallest absolute Gasteiger partial charge is 0.0945 e. The minimum Gasteiger partial charge on any atom is -0.337 e. The van der Waals surface area contributed by atoms with Gasteiger partial charge in [0, 0.05) is 50.7 Å². The molecule has 0 radical (unpaired) electrons. The van der Waals surface area contributed by atoms with Crippen LogP contribution < -0.4 is 5.32 Å². The third kappa shape index (κ3) is 4.55. The van der Waals surface area contributed by atoms with Crippen molar-refractivity contribution >= 4 is 0 Å². The highest BCUT2D eigenvalue weighted by Crippen LogP contribution is 2.20. The number of hydrogen-bond donors (Lipinski definition) is 1. The van der Waals surface area contributed by atoms with Crippen LogP contribution in [0.1, 0.15) is 40.5 Å². The standard InChI is InChI=1S/C17H32N4/c1-5-15(4)16-12-21(17(11-19-16)14(2)3)9-6-8-20-10-7-18-13-20/h7,10,13-17,19H,5-6,8-9,11-12H2,1-4H3. The van der Waals surface area contributed by atoms with Gasteiger partial charge in [-0.2, -0.15) is 0 Å². The molecule has 1 fully saturated rings. The highest BCUT2D eigenvalue weighted by atomic mass is 15.2. The zero-order chi connectivity index (χ0) is 15.2. The molecule has 0 spiro atoms. The van der Waals surface area contributed by atoms with Crippen LogP contribution in [0.15, 0.2) is 18.7 Å². The zero-order valence-electron chi connectivity index (χ0n) is 14.1. The molecule has 120 valence electrons. The number of nitrogens with zero attached hydrogens (tertiary/aromatic N) is 3. The van der Waals surface area contributed by atoms with Crippen LogP contribution in [0.5, 0.6) is 0 Å². The minimum absolute atomic E-state index is 0.651. The van der Waals surface area contributed by atoms with Gasteiger partial charge in [0.15, 0.2) is 0 Å². The summed E-state index contributed by atoms with van der Waals surface area (Å²) < 4.78 is 2.18. The second-order valence-corrected chi connectivity index (χ2v) is 6.86. The predicted molar refractivity (Wildman–Crippen MR) is 88.3 cm³/mol. The number of aromatic nitrogens is 2. The monoisotopic (exact) mass is 292 g/mol. The second kappa shape index (κ2) is 7.95. The quantitative estimate of drug-likeness (QED) is 0.838. The van der Waals surface area contributed by atoms with E-state index in [2.05, 4.69) is 53.7 Å². The lowest BCUT2D eigenvalue weighted by molar-refractivity contribution is 0.0798. The predicted octanol–water partition coefficient (Wildman–Crippen LogP) is 2.62. The first-order valence-electron chi connectivity index (χ1n) is 8.55. The molecule has 2 heterocycles. The van der Waals surface area contributed by atoms with Crippen LogP contribution >= 0.6 is 0 Å². The highest BCUT2D eigenvalue weighted by molar-refractivity contribution is 4.89. The Labute approximate surface area is 129 Å². The average Bonchev–Trinajstić information content (AvgIpc) is 2.99. The molecule has 1 aliphatic heterocycles. The van der Waals surface area contributed by atoms with Gasteiger partial charge in [-0.3, -0.25) is 4.90 Å². The fraction of sp³-hybridized carbons (Fsp3) is 0.824. The van der Waals surface area contributed by atoms with Gasteiger partial charge in [-0.1, -0.05) is 34.1 Å². The molecule has 4 nitrogen and oxygen atoms in total. The molecule has 2 rings (SSSR count). The molecule has 0 aliphatic carbocycles. The van der Waals surface area contributed by atoms with E-state index in [-0.39, 0.29) is 0 Å². The van der Waals surface area contributed by atoms with E-state index in [1.54, 1.807) is 0 Å². The summed E-state index contributed by atoms with van der Waals surface area (Å²) in [6.45, 7) is 14.0. The Bertz CT molecular complexity index is 388. The van der Waals surface area contributed by atoms with E-state index >= 15 is 0 Å². The van der Waals surface area contributed by atoms with Crippen molar-refractivity contribution in [3.63, 3.8) is 0 Å². The highest BCUT2D eigenvalue weighted by Gasteiger charge is 2.31. The maximum absolute atomic E-state index is 4.12. The topological polar surface area (TPSA) is 33.1 Å².